The van der Waals surface area contributed by atoms with Crippen molar-refractivity contribution < 1.29 is 22.8 Å². The molecule has 0 bridgehead atoms. The zero-order chi connectivity index (χ0) is 22.0. The van der Waals surface area contributed by atoms with Gasteiger partial charge in [-0.05, 0) is 36.4 Å². The van der Waals surface area contributed by atoms with Crippen LogP contribution in [-0.2, 0) is 4.79 Å². The monoisotopic (exact) mass is 449 g/mol. The highest BCUT2D eigenvalue weighted by molar-refractivity contribution is 7.13. The number of nitrogens with one attached hydrogen (secondary N) is 1. The third kappa shape index (κ3) is 4.61. The third-order valence-electron chi connectivity index (χ3n) is 4.82. The minimum atomic E-state index is -4.52. The number of benzene rings is 1. The van der Waals surface area contributed by atoms with Crippen molar-refractivity contribution in [3.63, 3.8) is 0 Å². The Bertz CT molecular complexity index is 1070. The molecule has 3 aromatic rings. The van der Waals surface area contributed by atoms with Gasteiger partial charge < -0.3 is 10.2 Å². The Hall–Kier alpha value is -3.21. The van der Waals surface area contributed by atoms with Crippen molar-refractivity contribution in [3.05, 3.63) is 53.7 Å². The fourth-order valence-electron chi connectivity index (χ4n) is 3.43. The second-order valence-corrected chi connectivity index (χ2v) is 7.92. The van der Waals surface area contributed by atoms with Gasteiger partial charge in [0.2, 0.25) is 11.7 Å². The predicted octanol–water partition coefficient (Wildman–Crippen LogP) is 3.28. The number of amides is 2. The third-order valence-corrected chi connectivity index (χ3v) is 5.69. The average molecular weight is 449 g/mol. The number of hydrogen-bond donors (Lipinski definition) is 1. The van der Waals surface area contributed by atoms with Crippen molar-refractivity contribution in [2.45, 2.75) is 25.1 Å². The summed E-state index contributed by atoms with van der Waals surface area (Å²) in [5.41, 5.74) is 0.707. The topological polar surface area (TPSA) is 80.1 Å². The van der Waals surface area contributed by atoms with Gasteiger partial charge in [-0.3, -0.25) is 9.59 Å². The fraction of sp³-hybridized carbons (Fsp3) is 0.300. The second kappa shape index (κ2) is 8.50. The lowest BCUT2D eigenvalue weighted by atomic mass is 10.2. The molecule has 0 spiro atoms. The summed E-state index contributed by atoms with van der Waals surface area (Å²) < 4.78 is 38.9. The van der Waals surface area contributed by atoms with Crippen LogP contribution >= 0.6 is 11.3 Å². The molecular formula is C20H18F3N5O2S. The Morgan fingerprint density at radius 1 is 1.16 bits per heavy atom. The van der Waals surface area contributed by atoms with Gasteiger partial charge in [0.1, 0.15) is 12.6 Å². The number of halogens is 3. The Kier molecular flexibility index (Phi) is 5.77. The number of carbonyl (C=O) groups excluding carboxylic acids is 2. The SMILES string of the molecule is O=C(NCC(F)(F)F)C1CCCN1C(=O)c1nc(-c2cccs2)n(-c2ccccc2)n1. The molecule has 2 amide bonds. The van der Waals surface area contributed by atoms with Crippen LogP contribution in [-0.4, -0.2) is 56.8 Å². The van der Waals surface area contributed by atoms with E-state index in [2.05, 4.69) is 10.1 Å². The number of para-hydroxylation sites is 1. The van der Waals surface area contributed by atoms with E-state index in [1.54, 1.807) is 4.68 Å². The molecule has 3 heterocycles. The van der Waals surface area contributed by atoms with E-state index in [1.165, 1.54) is 16.2 Å². The molecule has 0 radical (unpaired) electrons. The lowest BCUT2D eigenvalue weighted by Gasteiger charge is -2.23. The quantitative estimate of drug-likeness (QED) is 0.648. The van der Waals surface area contributed by atoms with Crippen LogP contribution in [0.1, 0.15) is 23.5 Å². The Morgan fingerprint density at radius 2 is 1.94 bits per heavy atom. The van der Waals surface area contributed by atoms with Crippen molar-refractivity contribution in [1.82, 2.24) is 25.0 Å². The molecule has 2 aromatic heterocycles. The van der Waals surface area contributed by atoms with E-state index >= 15 is 0 Å². The number of alkyl halides is 3. The van der Waals surface area contributed by atoms with Gasteiger partial charge in [-0.15, -0.1) is 16.4 Å². The number of hydrogen-bond acceptors (Lipinski definition) is 5. The van der Waals surface area contributed by atoms with E-state index in [1.807, 2.05) is 53.2 Å². The summed E-state index contributed by atoms with van der Waals surface area (Å²) in [5.74, 6) is -1.05. The van der Waals surface area contributed by atoms with Crippen LogP contribution in [0.25, 0.3) is 16.4 Å². The Balaban J connectivity index is 1.62. The molecule has 4 rings (SSSR count). The summed E-state index contributed by atoms with van der Waals surface area (Å²) in [7, 11) is 0. The lowest BCUT2D eigenvalue weighted by Crippen LogP contribution is -2.48. The summed E-state index contributed by atoms with van der Waals surface area (Å²) in [4.78, 5) is 31.8. The predicted molar refractivity (Wildman–Crippen MR) is 108 cm³/mol. The highest BCUT2D eigenvalue weighted by Crippen LogP contribution is 2.27. The lowest BCUT2D eigenvalue weighted by molar-refractivity contribution is -0.140. The first kappa shape index (κ1) is 21.0. The van der Waals surface area contributed by atoms with Gasteiger partial charge in [-0.1, -0.05) is 24.3 Å². The molecule has 0 aliphatic carbocycles. The van der Waals surface area contributed by atoms with Gasteiger partial charge >= 0.3 is 6.18 Å². The van der Waals surface area contributed by atoms with Crippen molar-refractivity contribution >= 4 is 23.2 Å². The number of likely N-dealkylation sites (tertiary alicyclic amines) is 1. The summed E-state index contributed by atoms with van der Waals surface area (Å²) in [6.07, 6.45) is -3.73. The largest absolute Gasteiger partial charge is 0.405 e. The molecule has 1 atom stereocenters. The van der Waals surface area contributed by atoms with E-state index in [-0.39, 0.29) is 18.8 Å². The number of aromatic nitrogens is 3. The zero-order valence-electron chi connectivity index (χ0n) is 16.2. The van der Waals surface area contributed by atoms with Gasteiger partial charge in [0.25, 0.3) is 5.91 Å². The van der Waals surface area contributed by atoms with Crippen LogP contribution in [0.2, 0.25) is 0 Å². The van der Waals surface area contributed by atoms with Crippen molar-refractivity contribution in [3.8, 4) is 16.4 Å². The highest BCUT2D eigenvalue weighted by Gasteiger charge is 2.38. The van der Waals surface area contributed by atoms with Gasteiger partial charge in [0.05, 0.1) is 10.6 Å². The molecule has 1 saturated heterocycles. The minimum Gasteiger partial charge on any atom is -0.345 e. The van der Waals surface area contributed by atoms with E-state index in [4.69, 9.17) is 0 Å². The summed E-state index contributed by atoms with van der Waals surface area (Å²) in [6, 6.07) is 11.9. The average Bonchev–Trinajstić information content (AvgIpc) is 3.51. The first-order valence-corrected chi connectivity index (χ1v) is 10.4. The summed E-state index contributed by atoms with van der Waals surface area (Å²) in [6.45, 7) is -1.19. The molecule has 1 aliphatic heterocycles. The van der Waals surface area contributed by atoms with E-state index in [9.17, 15) is 22.8 Å². The highest BCUT2D eigenvalue weighted by atomic mass is 32.1. The maximum Gasteiger partial charge on any atom is 0.405 e. The number of rotatable bonds is 5. The van der Waals surface area contributed by atoms with E-state index in [0.29, 0.717) is 17.9 Å². The normalized spacial score (nSPS) is 16.5. The smallest absolute Gasteiger partial charge is 0.345 e. The molecule has 1 aliphatic rings. The molecule has 162 valence electrons. The maximum atomic E-state index is 13.1. The standard InChI is InChI=1S/C20H18F3N5O2S/c21-20(22,23)12-24-18(29)14-8-4-10-27(14)19(30)16-25-17(15-9-5-11-31-15)28(26-16)13-6-2-1-3-7-13/h1-3,5-7,9,11,14H,4,8,10,12H2,(H,24,29). The van der Waals surface area contributed by atoms with Crippen molar-refractivity contribution in [2.75, 3.05) is 13.1 Å². The van der Waals surface area contributed by atoms with Crippen LogP contribution < -0.4 is 5.32 Å². The first-order chi connectivity index (χ1) is 14.8. The second-order valence-electron chi connectivity index (χ2n) is 6.97. The Morgan fingerprint density at radius 3 is 2.61 bits per heavy atom. The number of carbonyl (C=O) groups is 2. The van der Waals surface area contributed by atoms with Crippen molar-refractivity contribution in [2.24, 2.45) is 0 Å². The molecular weight excluding hydrogens is 431 g/mol. The van der Waals surface area contributed by atoms with Crippen molar-refractivity contribution in [1.29, 1.82) is 0 Å². The van der Waals surface area contributed by atoms with Crippen LogP contribution in [0.5, 0.6) is 0 Å². The van der Waals surface area contributed by atoms with Gasteiger partial charge in [0.15, 0.2) is 5.82 Å². The molecule has 1 unspecified atom stereocenters. The maximum absolute atomic E-state index is 13.1. The molecule has 0 saturated carbocycles. The van der Waals surface area contributed by atoms with Gasteiger partial charge in [-0.2, -0.15) is 13.2 Å². The first-order valence-electron chi connectivity index (χ1n) is 9.55. The van der Waals surface area contributed by atoms with Crippen LogP contribution in [0, 0.1) is 0 Å². The van der Waals surface area contributed by atoms with Crippen LogP contribution in [0.4, 0.5) is 13.2 Å². The molecule has 1 N–H and O–H groups in total. The minimum absolute atomic E-state index is 0.109. The molecule has 1 fully saturated rings. The number of nitrogens with zero attached hydrogens (tertiary/aromatic N) is 4. The van der Waals surface area contributed by atoms with E-state index in [0.717, 1.165) is 4.88 Å². The number of thiophene rings is 1. The fourth-order valence-corrected chi connectivity index (χ4v) is 4.13. The summed E-state index contributed by atoms with van der Waals surface area (Å²) >= 11 is 1.44. The van der Waals surface area contributed by atoms with Gasteiger partial charge in [-0.25, -0.2) is 9.67 Å². The van der Waals surface area contributed by atoms with Crippen LogP contribution in [0.15, 0.2) is 47.8 Å². The molecule has 31 heavy (non-hydrogen) atoms. The molecule has 7 nitrogen and oxygen atoms in total. The molecule has 11 heteroatoms. The zero-order valence-corrected chi connectivity index (χ0v) is 17.0. The Labute approximate surface area is 179 Å². The van der Waals surface area contributed by atoms with E-state index < -0.39 is 30.6 Å². The summed E-state index contributed by atoms with van der Waals surface area (Å²) in [5, 5.41) is 8.11. The molecule has 1 aromatic carbocycles. The van der Waals surface area contributed by atoms with Gasteiger partial charge in [0, 0.05) is 6.54 Å². The van der Waals surface area contributed by atoms with Crippen LogP contribution in [0.3, 0.4) is 0 Å².